The summed E-state index contributed by atoms with van der Waals surface area (Å²) in [6, 6.07) is 5.57. The number of halogens is 4. The van der Waals surface area contributed by atoms with Crippen LogP contribution in [0.5, 0.6) is 17.4 Å². The number of fused-ring (bicyclic) bond motifs is 1. The number of ether oxygens (including phenoxy) is 3. The van der Waals surface area contributed by atoms with Gasteiger partial charge in [0.15, 0.2) is 18.1 Å². The fourth-order valence-corrected chi connectivity index (χ4v) is 2.43. The van der Waals surface area contributed by atoms with Crippen LogP contribution in [-0.4, -0.2) is 36.9 Å². The normalized spacial score (nSPS) is 13.6. The topological polar surface area (TPSA) is 69.7 Å². The predicted molar refractivity (Wildman–Crippen MR) is 90.8 cm³/mol. The van der Waals surface area contributed by atoms with Gasteiger partial charge in [-0.15, -0.1) is 0 Å². The van der Waals surface area contributed by atoms with Gasteiger partial charge in [-0.05, 0) is 6.07 Å². The van der Waals surface area contributed by atoms with Crippen molar-refractivity contribution in [2.24, 2.45) is 0 Å². The number of amides is 1. The molecule has 1 N–H and O–H groups in total. The molecule has 1 amide bonds. The molecule has 1 aliphatic rings. The van der Waals surface area contributed by atoms with E-state index in [0.29, 0.717) is 30.4 Å². The predicted octanol–water partition coefficient (Wildman–Crippen LogP) is 4.09. The van der Waals surface area contributed by atoms with Crippen molar-refractivity contribution >= 4 is 23.2 Å². The minimum Gasteiger partial charge on any atom is -0.490 e. The summed E-state index contributed by atoms with van der Waals surface area (Å²) in [5.41, 5.74) is 0.431. The lowest BCUT2D eigenvalue weighted by atomic mass is 10.2. The number of carbonyl (C=O) groups is 1. The van der Waals surface area contributed by atoms with Crippen LogP contribution >= 0.6 is 11.6 Å². The van der Waals surface area contributed by atoms with Crippen molar-refractivity contribution in [3.8, 4) is 17.4 Å². The van der Waals surface area contributed by atoms with Gasteiger partial charge in [0, 0.05) is 30.8 Å². The molecule has 0 aliphatic carbocycles. The van der Waals surface area contributed by atoms with Gasteiger partial charge >= 0.3 is 6.18 Å². The fourth-order valence-electron chi connectivity index (χ4n) is 2.23. The number of nitrogens with one attached hydrogen (secondary N) is 1. The number of rotatable bonds is 4. The van der Waals surface area contributed by atoms with Gasteiger partial charge in [0.1, 0.15) is 0 Å². The van der Waals surface area contributed by atoms with E-state index in [1.54, 1.807) is 12.1 Å². The molecule has 6 nitrogen and oxygen atoms in total. The standard InChI is InChI=1S/C17H14ClF3N2O4/c18-11-6-13-14(26-5-1-4-25-13)7-12(11)23-16(24)10-2-3-15(22-8-10)27-9-17(19,20)21/h2-3,6-8H,1,4-5,9H2,(H,23,24). The van der Waals surface area contributed by atoms with Crippen molar-refractivity contribution in [1.82, 2.24) is 4.98 Å². The molecular formula is C17H14ClF3N2O4. The Balaban J connectivity index is 1.69. The molecule has 2 aromatic rings. The van der Waals surface area contributed by atoms with E-state index in [-0.39, 0.29) is 16.5 Å². The zero-order valence-electron chi connectivity index (χ0n) is 13.8. The van der Waals surface area contributed by atoms with Gasteiger partial charge in [0.2, 0.25) is 5.88 Å². The third-order valence-electron chi connectivity index (χ3n) is 3.47. The van der Waals surface area contributed by atoms with E-state index in [1.807, 2.05) is 0 Å². The molecular weight excluding hydrogens is 389 g/mol. The molecule has 0 spiro atoms. The number of carbonyl (C=O) groups excluding carboxylic acids is 1. The van der Waals surface area contributed by atoms with Crippen molar-refractivity contribution in [3.05, 3.63) is 41.0 Å². The molecule has 1 aliphatic heterocycles. The zero-order valence-corrected chi connectivity index (χ0v) is 14.6. The van der Waals surface area contributed by atoms with E-state index in [2.05, 4.69) is 15.0 Å². The molecule has 0 fully saturated rings. The van der Waals surface area contributed by atoms with Crippen LogP contribution in [0.15, 0.2) is 30.5 Å². The smallest absolute Gasteiger partial charge is 0.422 e. The lowest BCUT2D eigenvalue weighted by Gasteiger charge is -2.12. The first kappa shape index (κ1) is 19.1. The molecule has 0 radical (unpaired) electrons. The molecule has 2 heterocycles. The van der Waals surface area contributed by atoms with Crippen molar-refractivity contribution in [2.45, 2.75) is 12.6 Å². The third kappa shape index (κ3) is 5.16. The Bertz CT molecular complexity index is 828. The molecule has 0 saturated carbocycles. The first-order chi connectivity index (χ1) is 12.8. The van der Waals surface area contributed by atoms with Gasteiger partial charge in [0.05, 0.1) is 29.5 Å². The Morgan fingerprint density at radius 2 is 1.93 bits per heavy atom. The summed E-state index contributed by atoms with van der Waals surface area (Å²) >= 11 is 6.16. The molecule has 0 atom stereocenters. The highest BCUT2D eigenvalue weighted by atomic mass is 35.5. The summed E-state index contributed by atoms with van der Waals surface area (Å²) in [7, 11) is 0. The molecule has 0 bridgehead atoms. The van der Waals surface area contributed by atoms with E-state index >= 15 is 0 Å². The maximum Gasteiger partial charge on any atom is 0.422 e. The summed E-state index contributed by atoms with van der Waals surface area (Å²) in [6.07, 6.45) is -2.63. The summed E-state index contributed by atoms with van der Waals surface area (Å²) < 4.78 is 51.9. The van der Waals surface area contributed by atoms with Crippen molar-refractivity contribution in [3.63, 3.8) is 0 Å². The lowest BCUT2D eigenvalue weighted by Crippen LogP contribution is -2.19. The first-order valence-corrected chi connectivity index (χ1v) is 8.26. The lowest BCUT2D eigenvalue weighted by molar-refractivity contribution is -0.154. The number of hydrogen-bond donors (Lipinski definition) is 1. The number of pyridine rings is 1. The van der Waals surface area contributed by atoms with E-state index in [4.69, 9.17) is 21.1 Å². The zero-order chi connectivity index (χ0) is 19.4. The van der Waals surface area contributed by atoms with Crippen molar-refractivity contribution in [1.29, 1.82) is 0 Å². The average Bonchev–Trinajstić information content (AvgIpc) is 2.85. The van der Waals surface area contributed by atoms with Crippen LogP contribution < -0.4 is 19.5 Å². The fraction of sp³-hybridized carbons (Fsp3) is 0.294. The largest absolute Gasteiger partial charge is 0.490 e. The summed E-state index contributed by atoms with van der Waals surface area (Å²) in [6.45, 7) is -0.479. The third-order valence-corrected chi connectivity index (χ3v) is 3.78. The summed E-state index contributed by atoms with van der Waals surface area (Å²) in [4.78, 5) is 16.0. The van der Waals surface area contributed by atoms with Crippen molar-refractivity contribution in [2.75, 3.05) is 25.1 Å². The van der Waals surface area contributed by atoms with Crippen molar-refractivity contribution < 1.29 is 32.2 Å². The van der Waals surface area contributed by atoms with Gasteiger partial charge in [-0.1, -0.05) is 11.6 Å². The molecule has 1 aromatic heterocycles. The highest BCUT2D eigenvalue weighted by Crippen LogP contribution is 2.37. The van der Waals surface area contributed by atoms with Crippen LogP contribution in [0.3, 0.4) is 0 Å². The SMILES string of the molecule is O=C(Nc1cc2c(cc1Cl)OCCCO2)c1ccc(OCC(F)(F)F)nc1. The van der Waals surface area contributed by atoms with E-state index in [9.17, 15) is 18.0 Å². The monoisotopic (exact) mass is 402 g/mol. The maximum atomic E-state index is 12.3. The Kier molecular flexibility index (Phi) is 5.59. The van der Waals surface area contributed by atoms with E-state index in [0.717, 1.165) is 12.6 Å². The molecule has 0 unspecified atom stereocenters. The number of benzene rings is 1. The van der Waals surface area contributed by atoms with Gasteiger partial charge < -0.3 is 19.5 Å². The van der Waals surface area contributed by atoms with Crippen LogP contribution in [0.4, 0.5) is 18.9 Å². The Labute approximate surface area is 157 Å². The van der Waals surface area contributed by atoms with Crippen LogP contribution in [-0.2, 0) is 0 Å². The second-order valence-electron chi connectivity index (χ2n) is 5.57. The maximum absolute atomic E-state index is 12.3. The second kappa shape index (κ2) is 7.91. The number of anilines is 1. The Morgan fingerprint density at radius 1 is 1.22 bits per heavy atom. The quantitative estimate of drug-likeness (QED) is 0.834. The van der Waals surface area contributed by atoms with Crippen LogP contribution in [0.25, 0.3) is 0 Å². The minimum atomic E-state index is -4.47. The molecule has 144 valence electrons. The summed E-state index contributed by atoms with van der Waals surface area (Å²) in [5, 5.41) is 2.86. The van der Waals surface area contributed by atoms with Gasteiger partial charge in [-0.3, -0.25) is 4.79 Å². The number of hydrogen-bond acceptors (Lipinski definition) is 5. The van der Waals surface area contributed by atoms with Crippen LogP contribution in [0, 0.1) is 0 Å². The second-order valence-corrected chi connectivity index (χ2v) is 5.98. The highest BCUT2D eigenvalue weighted by Gasteiger charge is 2.28. The molecule has 10 heteroatoms. The highest BCUT2D eigenvalue weighted by molar-refractivity contribution is 6.34. The van der Waals surface area contributed by atoms with Gasteiger partial charge in [-0.25, -0.2) is 4.98 Å². The Hall–Kier alpha value is -2.68. The molecule has 1 aromatic carbocycles. The van der Waals surface area contributed by atoms with Crippen LogP contribution in [0.2, 0.25) is 5.02 Å². The van der Waals surface area contributed by atoms with Gasteiger partial charge in [-0.2, -0.15) is 13.2 Å². The van der Waals surface area contributed by atoms with Crippen LogP contribution in [0.1, 0.15) is 16.8 Å². The average molecular weight is 403 g/mol. The van der Waals surface area contributed by atoms with E-state index in [1.165, 1.54) is 12.1 Å². The minimum absolute atomic E-state index is 0.123. The number of nitrogens with zero attached hydrogens (tertiary/aromatic N) is 1. The molecule has 27 heavy (non-hydrogen) atoms. The Morgan fingerprint density at radius 3 is 2.56 bits per heavy atom. The number of alkyl halides is 3. The molecule has 0 saturated heterocycles. The molecule has 3 rings (SSSR count). The van der Waals surface area contributed by atoms with E-state index < -0.39 is 18.7 Å². The van der Waals surface area contributed by atoms with Gasteiger partial charge in [0.25, 0.3) is 5.91 Å². The number of aromatic nitrogens is 1. The summed E-state index contributed by atoms with van der Waals surface area (Å²) in [5.74, 6) is 0.170. The first-order valence-electron chi connectivity index (χ1n) is 7.88.